The second-order valence-corrected chi connectivity index (χ2v) is 7.03. The second-order valence-electron chi connectivity index (χ2n) is 5.72. The van der Waals surface area contributed by atoms with E-state index in [-0.39, 0.29) is 5.91 Å². The van der Waals surface area contributed by atoms with Crippen molar-refractivity contribution in [1.29, 1.82) is 0 Å². The molecule has 1 heterocycles. The maximum Gasteiger partial charge on any atom is 0.321 e. The van der Waals surface area contributed by atoms with Gasteiger partial charge in [0.05, 0.1) is 5.25 Å². The molecule has 25 heavy (non-hydrogen) atoms. The molecule has 6 nitrogen and oxygen atoms in total. The third kappa shape index (κ3) is 5.56. The van der Waals surface area contributed by atoms with E-state index in [1.807, 2.05) is 51.1 Å². The van der Waals surface area contributed by atoms with Gasteiger partial charge in [-0.25, -0.2) is 14.8 Å². The van der Waals surface area contributed by atoms with Gasteiger partial charge < -0.3 is 5.32 Å². The molecular formula is C18H22N4O2S. The van der Waals surface area contributed by atoms with Crippen molar-refractivity contribution in [3.63, 3.8) is 0 Å². The lowest BCUT2D eigenvalue weighted by Gasteiger charge is -2.12. The highest BCUT2D eigenvalue weighted by molar-refractivity contribution is 8.00. The van der Waals surface area contributed by atoms with Gasteiger partial charge in [0.2, 0.25) is 5.91 Å². The van der Waals surface area contributed by atoms with Crippen LogP contribution in [0.3, 0.4) is 0 Å². The first kappa shape index (κ1) is 18.9. The molecule has 7 heteroatoms. The molecule has 0 unspecified atom stereocenters. The smallest absolute Gasteiger partial charge is 0.321 e. The number of amides is 3. The fourth-order valence-electron chi connectivity index (χ4n) is 2.04. The monoisotopic (exact) mass is 358 g/mol. The van der Waals surface area contributed by atoms with Gasteiger partial charge in [-0.2, -0.15) is 0 Å². The van der Waals surface area contributed by atoms with Gasteiger partial charge >= 0.3 is 6.03 Å². The molecule has 0 bridgehead atoms. The quantitative estimate of drug-likeness (QED) is 0.634. The van der Waals surface area contributed by atoms with E-state index in [1.54, 1.807) is 6.92 Å². The Morgan fingerprint density at radius 2 is 1.68 bits per heavy atom. The van der Waals surface area contributed by atoms with Crippen molar-refractivity contribution in [2.45, 2.75) is 44.6 Å². The van der Waals surface area contributed by atoms with Crippen LogP contribution >= 0.6 is 11.8 Å². The Morgan fingerprint density at radius 1 is 1.08 bits per heavy atom. The van der Waals surface area contributed by atoms with Gasteiger partial charge in [0.15, 0.2) is 5.16 Å². The zero-order valence-corrected chi connectivity index (χ0v) is 15.6. The van der Waals surface area contributed by atoms with E-state index < -0.39 is 11.3 Å². The topological polar surface area (TPSA) is 84.0 Å². The molecule has 0 aliphatic heterocycles. The van der Waals surface area contributed by atoms with Crippen LogP contribution in [0.15, 0.2) is 35.5 Å². The minimum absolute atomic E-state index is 0.362. The molecule has 0 spiro atoms. The lowest BCUT2D eigenvalue weighted by Crippen LogP contribution is -2.42. The van der Waals surface area contributed by atoms with Gasteiger partial charge in [0, 0.05) is 17.9 Å². The molecule has 0 radical (unpaired) electrons. The molecule has 0 saturated carbocycles. The summed E-state index contributed by atoms with van der Waals surface area (Å²) >= 11 is 1.23. The first-order valence-electron chi connectivity index (χ1n) is 7.98. The van der Waals surface area contributed by atoms with Crippen LogP contribution in [-0.4, -0.2) is 27.2 Å². The number of aryl methyl sites for hydroxylation is 2. The summed E-state index contributed by atoms with van der Waals surface area (Å²) in [5.41, 5.74) is 3.79. The lowest BCUT2D eigenvalue weighted by molar-refractivity contribution is -0.119. The van der Waals surface area contributed by atoms with Crippen molar-refractivity contribution in [3.05, 3.63) is 52.8 Å². The maximum absolute atomic E-state index is 12.2. The third-order valence-electron chi connectivity index (χ3n) is 3.80. The Bertz CT molecular complexity index is 742. The number of nitrogens with one attached hydrogen (secondary N) is 2. The Balaban J connectivity index is 1.86. The number of hydrogen-bond acceptors (Lipinski definition) is 5. The van der Waals surface area contributed by atoms with Crippen LogP contribution in [-0.2, 0) is 11.3 Å². The molecule has 1 atom stereocenters. The van der Waals surface area contributed by atoms with Crippen molar-refractivity contribution < 1.29 is 9.59 Å². The van der Waals surface area contributed by atoms with Crippen LogP contribution in [0.5, 0.6) is 0 Å². The highest BCUT2D eigenvalue weighted by atomic mass is 32.2. The van der Waals surface area contributed by atoms with E-state index in [9.17, 15) is 9.59 Å². The number of carbonyl (C=O) groups is 2. The minimum atomic E-state index is -0.515. The normalized spacial score (nSPS) is 11.7. The molecule has 3 amide bonds. The fraction of sp³-hybridized carbons (Fsp3) is 0.333. The summed E-state index contributed by atoms with van der Waals surface area (Å²) in [7, 11) is 0. The number of hydrogen-bond donors (Lipinski definition) is 2. The largest absolute Gasteiger partial charge is 0.334 e. The molecule has 2 rings (SSSR count). The number of imide groups is 1. The fourth-order valence-corrected chi connectivity index (χ4v) is 2.90. The first-order chi connectivity index (χ1) is 11.9. The molecule has 2 N–H and O–H groups in total. The average molecular weight is 358 g/mol. The molecule has 0 aliphatic carbocycles. The van der Waals surface area contributed by atoms with Gasteiger partial charge in [-0.05, 0) is 38.8 Å². The summed E-state index contributed by atoms with van der Waals surface area (Å²) in [6.45, 7) is 7.87. The predicted molar refractivity (Wildman–Crippen MR) is 98.4 cm³/mol. The molecule has 0 saturated heterocycles. The molecule has 0 aliphatic rings. The summed E-state index contributed by atoms with van der Waals surface area (Å²) in [5.74, 6) is -0.380. The highest BCUT2D eigenvalue weighted by Gasteiger charge is 2.19. The van der Waals surface area contributed by atoms with E-state index in [1.165, 1.54) is 11.8 Å². The highest BCUT2D eigenvalue weighted by Crippen LogP contribution is 2.21. The van der Waals surface area contributed by atoms with Crippen molar-refractivity contribution in [2.75, 3.05) is 0 Å². The Labute approximate surface area is 151 Å². The SMILES string of the molecule is Cc1nc(S[C@@H](C)C(=O)NC(=O)NCc2ccccc2)nc(C)c1C. The number of aromatic nitrogens is 2. The zero-order chi connectivity index (χ0) is 18.4. The lowest BCUT2D eigenvalue weighted by atomic mass is 10.2. The summed E-state index contributed by atoms with van der Waals surface area (Å²) in [6.07, 6.45) is 0. The number of rotatable bonds is 5. The predicted octanol–water partition coefficient (Wildman–Crippen LogP) is 2.91. The van der Waals surface area contributed by atoms with Crippen LogP contribution in [0.2, 0.25) is 0 Å². The Hall–Kier alpha value is -2.41. The van der Waals surface area contributed by atoms with Gasteiger partial charge in [-0.1, -0.05) is 42.1 Å². The van der Waals surface area contributed by atoms with Crippen LogP contribution in [0, 0.1) is 20.8 Å². The van der Waals surface area contributed by atoms with Crippen molar-refractivity contribution in [1.82, 2.24) is 20.6 Å². The number of thioether (sulfide) groups is 1. The van der Waals surface area contributed by atoms with Gasteiger partial charge in [-0.3, -0.25) is 10.1 Å². The zero-order valence-electron chi connectivity index (χ0n) is 14.8. The van der Waals surface area contributed by atoms with Crippen LogP contribution in [0.4, 0.5) is 4.79 Å². The van der Waals surface area contributed by atoms with E-state index in [4.69, 9.17) is 0 Å². The van der Waals surface area contributed by atoms with Gasteiger partial charge in [0.25, 0.3) is 0 Å². The second kappa shape index (κ2) is 8.62. The van der Waals surface area contributed by atoms with Crippen molar-refractivity contribution in [2.24, 2.45) is 0 Å². The number of nitrogens with zero attached hydrogens (tertiary/aromatic N) is 2. The van der Waals surface area contributed by atoms with Crippen LogP contribution < -0.4 is 10.6 Å². The van der Waals surface area contributed by atoms with Gasteiger partial charge in [0.1, 0.15) is 0 Å². The Morgan fingerprint density at radius 3 is 2.28 bits per heavy atom. The van der Waals surface area contributed by atoms with Gasteiger partial charge in [-0.15, -0.1) is 0 Å². The van der Waals surface area contributed by atoms with Crippen LogP contribution in [0.1, 0.15) is 29.4 Å². The first-order valence-corrected chi connectivity index (χ1v) is 8.86. The van der Waals surface area contributed by atoms with E-state index in [2.05, 4.69) is 20.6 Å². The van der Waals surface area contributed by atoms with Crippen molar-refractivity contribution in [3.8, 4) is 0 Å². The van der Waals surface area contributed by atoms with E-state index >= 15 is 0 Å². The molecule has 132 valence electrons. The maximum atomic E-state index is 12.2. The molecular weight excluding hydrogens is 336 g/mol. The Kier molecular flexibility index (Phi) is 6.52. The standard InChI is InChI=1S/C18H22N4O2S/c1-11-12(2)20-18(21-13(11)3)25-14(4)16(23)22-17(24)19-10-15-8-6-5-7-9-15/h5-9,14H,10H2,1-4H3,(H2,19,22,23,24)/t14-/m0/s1. The third-order valence-corrected chi connectivity index (χ3v) is 4.76. The van der Waals surface area contributed by atoms with Crippen LogP contribution in [0.25, 0.3) is 0 Å². The number of carbonyl (C=O) groups excluding carboxylic acids is 2. The number of benzene rings is 1. The summed E-state index contributed by atoms with van der Waals surface area (Å²) < 4.78 is 0. The van der Waals surface area contributed by atoms with E-state index in [0.29, 0.717) is 11.7 Å². The van der Waals surface area contributed by atoms with E-state index in [0.717, 1.165) is 22.5 Å². The number of urea groups is 1. The summed E-state index contributed by atoms with van der Waals surface area (Å²) in [6, 6.07) is 8.98. The van der Waals surface area contributed by atoms with Crippen molar-refractivity contribution >= 4 is 23.7 Å². The molecule has 2 aromatic rings. The summed E-state index contributed by atoms with van der Waals surface area (Å²) in [4.78, 5) is 32.8. The average Bonchev–Trinajstić information content (AvgIpc) is 2.58. The molecule has 0 fully saturated rings. The molecule has 1 aromatic heterocycles. The molecule has 1 aromatic carbocycles. The summed E-state index contributed by atoms with van der Waals surface area (Å²) in [5, 5.41) is 5.06. The minimum Gasteiger partial charge on any atom is -0.334 e.